The SMILES string of the molecule is CCCc1ccc(C(N)c2ccc(NC)cc2)cc1. The summed E-state index contributed by atoms with van der Waals surface area (Å²) < 4.78 is 0. The summed E-state index contributed by atoms with van der Waals surface area (Å²) in [6.07, 6.45) is 2.31. The fraction of sp³-hybridized carbons (Fsp3) is 0.294. The number of anilines is 1. The second-order valence-electron chi connectivity index (χ2n) is 4.84. The lowest BCUT2D eigenvalue weighted by Gasteiger charge is -2.14. The average molecular weight is 254 g/mol. The topological polar surface area (TPSA) is 38.0 Å². The summed E-state index contributed by atoms with van der Waals surface area (Å²) in [5, 5.41) is 3.11. The molecule has 100 valence electrons. The van der Waals surface area contributed by atoms with E-state index in [1.54, 1.807) is 0 Å². The van der Waals surface area contributed by atoms with Crippen LogP contribution in [0.1, 0.15) is 36.1 Å². The molecule has 0 saturated carbocycles. The van der Waals surface area contributed by atoms with Crippen molar-refractivity contribution in [3.63, 3.8) is 0 Å². The minimum Gasteiger partial charge on any atom is -0.388 e. The number of hydrogen-bond acceptors (Lipinski definition) is 2. The average Bonchev–Trinajstić information content (AvgIpc) is 2.48. The van der Waals surface area contributed by atoms with Gasteiger partial charge < -0.3 is 11.1 Å². The van der Waals surface area contributed by atoms with E-state index >= 15 is 0 Å². The highest BCUT2D eigenvalue weighted by Gasteiger charge is 2.08. The van der Waals surface area contributed by atoms with Crippen molar-refractivity contribution in [2.45, 2.75) is 25.8 Å². The zero-order chi connectivity index (χ0) is 13.7. The summed E-state index contributed by atoms with van der Waals surface area (Å²) in [6, 6.07) is 16.9. The van der Waals surface area contributed by atoms with Crippen LogP contribution in [0.4, 0.5) is 5.69 Å². The Kier molecular flexibility index (Phi) is 4.58. The Hall–Kier alpha value is -1.80. The Balaban J connectivity index is 2.15. The molecule has 0 heterocycles. The summed E-state index contributed by atoms with van der Waals surface area (Å²) in [4.78, 5) is 0. The van der Waals surface area contributed by atoms with Crippen LogP contribution in [0.5, 0.6) is 0 Å². The first-order valence-electron chi connectivity index (χ1n) is 6.86. The maximum atomic E-state index is 6.31. The van der Waals surface area contributed by atoms with Gasteiger partial charge in [-0.1, -0.05) is 49.7 Å². The van der Waals surface area contributed by atoms with Crippen molar-refractivity contribution in [3.8, 4) is 0 Å². The fourth-order valence-corrected chi connectivity index (χ4v) is 2.23. The standard InChI is InChI=1S/C17H22N2/c1-3-4-13-5-7-14(8-6-13)17(18)15-9-11-16(19-2)12-10-15/h5-12,17,19H,3-4,18H2,1-2H3. The molecule has 0 aliphatic heterocycles. The Labute approximate surface area is 115 Å². The molecule has 0 aliphatic rings. The van der Waals surface area contributed by atoms with Crippen molar-refractivity contribution in [1.82, 2.24) is 0 Å². The van der Waals surface area contributed by atoms with Gasteiger partial charge in [0.25, 0.3) is 0 Å². The van der Waals surface area contributed by atoms with E-state index in [0.29, 0.717) is 0 Å². The van der Waals surface area contributed by atoms with Crippen molar-refractivity contribution in [1.29, 1.82) is 0 Å². The summed E-state index contributed by atoms with van der Waals surface area (Å²) in [5.74, 6) is 0. The molecule has 0 aromatic heterocycles. The summed E-state index contributed by atoms with van der Waals surface area (Å²) in [6.45, 7) is 2.20. The van der Waals surface area contributed by atoms with Gasteiger partial charge in [0.05, 0.1) is 6.04 Å². The van der Waals surface area contributed by atoms with E-state index in [1.165, 1.54) is 12.0 Å². The van der Waals surface area contributed by atoms with Crippen LogP contribution in [-0.4, -0.2) is 7.05 Å². The van der Waals surface area contributed by atoms with Crippen molar-refractivity contribution >= 4 is 5.69 Å². The highest BCUT2D eigenvalue weighted by molar-refractivity contribution is 5.45. The Morgan fingerprint density at radius 1 is 0.947 bits per heavy atom. The van der Waals surface area contributed by atoms with Crippen LogP contribution in [0.25, 0.3) is 0 Å². The molecule has 1 atom stereocenters. The molecule has 0 bridgehead atoms. The van der Waals surface area contributed by atoms with Crippen LogP contribution in [0, 0.1) is 0 Å². The molecule has 0 radical (unpaired) electrons. The number of nitrogens with one attached hydrogen (secondary N) is 1. The number of aryl methyl sites for hydroxylation is 1. The first kappa shape index (κ1) is 13.6. The van der Waals surface area contributed by atoms with E-state index < -0.39 is 0 Å². The van der Waals surface area contributed by atoms with E-state index in [-0.39, 0.29) is 6.04 Å². The van der Waals surface area contributed by atoms with E-state index in [4.69, 9.17) is 5.73 Å². The first-order chi connectivity index (χ1) is 9.24. The van der Waals surface area contributed by atoms with Crippen molar-refractivity contribution < 1.29 is 0 Å². The fourth-order valence-electron chi connectivity index (χ4n) is 2.23. The zero-order valence-corrected chi connectivity index (χ0v) is 11.7. The van der Waals surface area contributed by atoms with Crippen molar-refractivity contribution in [2.75, 3.05) is 12.4 Å². The van der Waals surface area contributed by atoms with Crippen LogP contribution >= 0.6 is 0 Å². The van der Waals surface area contributed by atoms with Crippen LogP contribution in [0.2, 0.25) is 0 Å². The van der Waals surface area contributed by atoms with E-state index in [2.05, 4.69) is 60.8 Å². The molecule has 0 saturated heterocycles. The smallest absolute Gasteiger partial charge is 0.0551 e. The molecule has 2 aromatic carbocycles. The third-order valence-corrected chi connectivity index (χ3v) is 3.44. The normalized spacial score (nSPS) is 12.2. The van der Waals surface area contributed by atoms with Gasteiger partial charge in [-0.15, -0.1) is 0 Å². The lowest BCUT2D eigenvalue weighted by Crippen LogP contribution is -2.11. The molecule has 0 fully saturated rings. The van der Waals surface area contributed by atoms with Crippen molar-refractivity contribution in [3.05, 3.63) is 65.2 Å². The molecule has 0 spiro atoms. The van der Waals surface area contributed by atoms with Crippen LogP contribution in [0.3, 0.4) is 0 Å². The molecular formula is C17H22N2. The quantitative estimate of drug-likeness (QED) is 0.853. The van der Waals surface area contributed by atoms with Gasteiger partial charge in [-0.05, 0) is 35.2 Å². The van der Waals surface area contributed by atoms with Crippen molar-refractivity contribution in [2.24, 2.45) is 5.73 Å². The van der Waals surface area contributed by atoms with Gasteiger partial charge >= 0.3 is 0 Å². The monoisotopic (exact) mass is 254 g/mol. The number of rotatable bonds is 5. The zero-order valence-electron chi connectivity index (χ0n) is 11.7. The third kappa shape index (κ3) is 3.36. The predicted molar refractivity (Wildman–Crippen MR) is 82.5 cm³/mol. The molecular weight excluding hydrogens is 232 g/mol. The Bertz CT molecular complexity index is 500. The van der Waals surface area contributed by atoms with Crippen LogP contribution in [-0.2, 0) is 6.42 Å². The second-order valence-corrected chi connectivity index (χ2v) is 4.84. The van der Waals surface area contributed by atoms with E-state index in [1.807, 2.05) is 7.05 Å². The molecule has 2 aromatic rings. The second kappa shape index (κ2) is 6.39. The maximum Gasteiger partial charge on any atom is 0.0551 e. The molecule has 19 heavy (non-hydrogen) atoms. The van der Waals surface area contributed by atoms with Gasteiger partial charge in [0, 0.05) is 12.7 Å². The van der Waals surface area contributed by atoms with Crippen LogP contribution < -0.4 is 11.1 Å². The third-order valence-electron chi connectivity index (χ3n) is 3.44. The number of hydrogen-bond donors (Lipinski definition) is 2. The summed E-state index contributed by atoms with van der Waals surface area (Å²) in [7, 11) is 1.92. The molecule has 2 nitrogen and oxygen atoms in total. The Morgan fingerprint density at radius 3 is 1.95 bits per heavy atom. The highest BCUT2D eigenvalue weighted by atomic mass is 14.8. The highest BCUT2D eigenvalue weighted by Crippen LogP contribution is 2.21. The lowest BCUT2D eigenvalue weighted by atomic mass is 9.97. The lowest BCUT2D eigenvalue weighted by molar-refractivity contribution is 0.865. The summed E-state index contributed by atoms with van der Waals surface area (Å²) >= 11 is 0. The Morgan fingerprint density at radius 2 is 1.47 bits per heavy atom. The largest absolute Gasteiger partial charge is 0.388 e. The van der Waals surface area contributed by atoms with Gasteiger partial charge in [0.15, 0.2) is 0 Å². The molecule has 3 N–H and O–H groups in total. The van der Waals surface area contributed by atoms with Crippen LogP contribution in [0.15, 0.2) is 48.5 Å². The van der Waals surface area contributed by atoms with Gasteiger partial charge in [-0.3, -0.25) is 0 Å². The van der Waals surface area contributed by atoms with Gasteiger partial charge in [-0.2, -0.15) is 0 Å². The first-order valence-corrected chi connectivity index (χ1v) is 6.86. The number of benzene rings is 2. The van der Waals surface area contributed by atoms with Gasteiger partial charge in [-0.25, -0.2) is 0 Å². The molecule has 2 heteroatoms. The molecule has 0 amide bonds. The minimum absolute atomic E-state index is 0.0541. The molecule has 0 aliphatic carbocycles. The van der Waals surface area contributed by atoms with Gasteiger partial charge in [0.2, 0.25) is 0 Å². The van der Waals surface area contributed by atoms with Gasteiger partial charge in [0.1, 0.15) is 0 Å². The minimum atomic E-state index is -0.0541. The summed E-state index contributed by atoms with van der Waals surface area (Å²) in [5.41, 5.74) is 11.1. The maximum absolute atomic E-state index is 6.31. The number of nitrogens with two attached hydrogens (primary N) is 1. The van der Waals surface area contributed by atoms with E-state index in [9.17, 15) is 0 Å². The molecule has 1 unspecified atom stereocenters. The molecule has 2 rings (SSSR count). The van der Waals surface area contributed by atoms with E-state index in [0.717, 1.165) is 23.2 Å². The predicted octanol–water partition coefficient (Wildman–Crippen LogP) is 3.73.